The molecule has 0 aliphatic carbocycles. The lowest BCUT2D eigenvalue weighted by molar-refractivity contribution is 0.199. The summed E-state index contributed by atoms with van der Waals surface area (Å²) in [7, 11) is 0. The van der Waals surface area contributed by atoms with Gasteiger partial charge < -0.3 is 4.90 Å². The van der Waals surface area contributed by atoms with E-state index >= 15 is 0 Å². The van der Waals surface area contributed by atoms with Gasteiger partial charge >= 0.3 is 0 Å². The first-order valence-electron chi connectivity index (χ1n) is 12.2. The monoisotopic (exact) mass is 426 g/mol. The number of rotatable bonds is 6. The van der Waals surface area contributed by atoms with Crippen LogP contribution in [-0.2, 0) is 6.54 Å². The minimum atomic E-state index is 0.469. The third kappa shape index (κ3) is 5.57. The van der Waals surface area contributed by atoms with E-state index in [2.05, 4.69) is 53.1 Å². The maximum atomic E-state index is 9.67. The van der Waals surface area contributed by atoms with Crippen molar-refractivity contribution >= 4 is 0 Å². The molecule has 2 heterocycles. The standard InChI is InChI=1S/C28H34N4/c1-2-10-31-11-4-9-27(20-31)28-15-23(18-30)13-24(16-28)19-32-12-5-8-26(21-32)25-7-3-6-22(14-25)17-29/h3,6-7,13-16,26-27H,2,4-5,8-12,19-21H2,1H3/t26-,27-/m1/s1. The summed E-state index contributed by atoms with van der Waals surface area (Å²) in [5, 5.41) is 18.9. The van der Waals surface area contributed by atoms with E-state index in [1.54, 1.807) is 0 Å². The van der Waals surface area contributed by atoms with Crippen LogP contribution in [0.3, 0.4) is 0 Å². The van der Waals surface area contributed by atoms with Crippen molar-refractivity contribution in [3.8, 4) is 12.1 Å². The molecule has 2 aromatic rings. The SMILES string of the molecule is CCCN1CCC[C@@H](c2cc(C#N)cc(CN3CCC[C@@H](c4cccc(C#N)c4)C3)c2)C1. The van der Waals surface area contributed by atoms with Crippen LogP contribution in [0.25, 0.3) is 0 Å². The Balaban J connectivity index is 1.48. The first-order chi connectivity index (χ1) is 15.7. The molecule has 32 heavy (non-hydrogen) atoms. The fraction of sp³-hybridized carbons (Fsp3) is 0.500. The first kappa shape index (κ1) is 22.5. The van der Waals surface area contributed by atoms with E-state index in [-0.39, 0.29) is 0 Å². The van der Waals surface area contributed by atoms with Crippen LogP contribution < -0.4 is 0 Å². The van der Waals surface area contributed by atoms with Crippen molar-refractivity contribution in [3.63, 3.8) is 0 Å². The van der Waals surface area contributed by atoms with E-state index in [0.717, 1.165) is 37.3 Å². The van der Waals surface area contributed by atoms with Crippen molar-refractivity contribution in [2.24, 2.45) is 0 Å². The zero-order chi connectivity index (χ0) is 22.3. The summed E-state index contributed by atoms with van der Waals surface area (Å²) in [5.74, 6) is 1.00. The number of benzene rings is 2. The smallest absolute Gasteiger partial charge is 0.0991 e. The summed E-state index contributed by atoms with van der Waals surface area (Å²) in [6.07, 6.45) is 6.00. The van der Waals surface area contributed by atoms with Crippen LogP contribution in [-0.4, -0.2) is 42.5 Å². The minimum Gasteiger partial charge on any atom is -0.303 e. The highest BCUT2D eigenvalue weighted by atomic mass is 15.1. The van der Waals surface area contributed by atoms with Gasteiger partial charge in [-0.2, -0.15) is 10.5 Å². The van der Waals surface area contributed by atoms with Gasteiger partial charge in [0.15, 0.2) is 0 Å². The molecule has 2 saturated heterocycles. The highest BCUT2D eigenvalue weighted by molar-refractivity contribution is 5.39. The quantitative estimate of drug-likeness (QED) is 0.621. The molecule has 0 aromatic heterocycles. The molecule has 0 radical (unpaired) electrons. The Morgan fingerprint density at radius 1 is 0.844 bits per heavy atom. The zero-order valence-electron chi connectivity index (χ0n) is 19.3. The van der Waals surface area contributed by atoms with Gasteiger partial charge in [0.1, 0.15) is 0 Å². The van der Waals surface area contributed by atoms with Crippen LogP contribution >= 0.6 is 0 Å². The number of hydrogen-bond donors (Lipinski definition) is 0. The molecule has 4 rings (SSSR count). The van der Waals surface area contributed by atoms with Crippen molar-refractivity contribution in [1.29, 1.82) is 10.5 Å². The Hall–Kier alpha value is -2.66. The minimum absolute atomic E-state index is 0.469. The fourth-order valence-corrected chi connectivity index (χ4v) is 5.55. The molecule has 0 unspecified atom stereocenters. The number of nitrogens with zero attached hydrogens (tertiary/aromatic N) is 4. The molecule has 0 bridgehead atoms. The van der Waals surface area contributed by atoms with Crippen LogP contribution in [0.1, 0.15) is 78.7 Å². The maximum Gasteiger partial charge on any atom is 0.0991 e. The Morgan fingerprint density at radius 2 is 1.53 bits per heavy atom. The highest BCUT2D eigenvalue weighted by Crippen LogP contribution is 2.31. The van der Waals surface area contributed by atoms with Gasteiger partial charge in [-0.15, -0.1) is 0 Å². The van der Waals surface area contributed by atoms with E-state index in [1.807, 2.05) is 18.2 Å². The lowest BCUT2D eigenvalue weighted by atomic mass is 9.87. The predicted octanol–water partition coefficient (Wildman–Crippen LogP) is 5.40. The molecule has 2 aliphatic rings. The number of hydrogen-bond acceptors (Lipinski definition) is 4. The van der Waals surface area contributed by atoms with E-state index in [9.17, 15) is 10.5 Å². The topological polar surface area (TPSA) is 54.1 Å². The van der Waals surface area contributed by atoms with Gasteiger partial charge in [0.25, 0.3) is 0 Å². The second-order valence-electron chi connectivity index (χ2n) is 9.53. The highest BCUT2D eigenvalue weighted by Gasteiger charge is 2.24. The Bertz CT molecular complexity index is 997. The van der Waals surface area contributed by atoms with Crippen molar-refractivity contribution in [2.45, 2.75) is 57.4 Å². The molecule has 4 nitrogen and oxygen atoms in total. The molecule has 2 aliphatic heterocycles. The molecular weight excluding hydrogens is 392 g/mol. The number of piperidine rings is 2. The van der Waals surface area contributed by atoms with Crippen molar-refractivity contribution in [3.05, 3.63) is 70.3 Å². The molecule has 0 spiro atoms. The van der Waals surface area contributed by atoms with Gasteiger partial charge in [0, 0.05) is 19.6 Å². The largest absolute Gasteiger partial charge is 0.303 e. The molecule has 2 atom stereocenters. The average molecular weight is 427 g/mol. The second-order valence-corrected chi connectivity index (χ2v) is 9.53. The molecule has 0 N–H and O–H groups in total. The summed E-state index contributed by atoms with van der Waals surface area (Å²) in [6, 6.07) is 19.3. The van der Waals surface area contributed by atoms with Gasteiger partial charge in [0.05, 0.1) is 23.3 Å². The lowest BCUT2D eigenvalue weighted by Crippen LogP contribution is -2.35. The van der Waals surface area contributed by atoms with Gasteiger partial charge in [-0.05, 0) is 105 Å². The summed E-state index contributed by atoms with van der Waals surface area (Å²) in [5.41, 5.74) is 5.42. The van der Waals surface area contributed by atoms with Crippen molar-refractivity contribution in [2.75, 3.05) is 32.7 Å². The summed E-state index contributed by atoms with van der Waals surface area (Å²) >= 11 is 0. The predicted molar refractivity (Wildman–Crippen MR) is 128 cm³/mol. The molecular formula is C28H34N4. The Labute approximate surface area is 193 Å². The van der Waals surface area contributed by atoms with E-state index in [4.69, 9.17) is 0 Å². The average Bonchev–Trinajstić information content (AvgIpc) is 2.84. The molecule has 2 fully saturated rings. The van der Waals surface area contributed by atoms with Crippen LogP contribution in [0.15, 0.2) is 42.5 Å². The van der Waals surface area contributed by atoms with Crippen LogP contribution in [0.5, 0.6) is 0 Å². The second kappa shape index (κ2) is 10.8. The Kier molecular flexibility index (Phi) is 7.59. The summed E-state index contributed by atoms with van der Waals surface area (Å²) in [6.45, 7) is 8.73. The summed E-state index contributed by atoms with van der Waals surface area (Å²) < 4.78 is 0. The van der Waals surface area contributed by atoms with Gasteiger partial charge in [-0.25, -0.2) is 0 Å². The van der Waals surface area contributed by atoms with Gasteiger partial charge in [-0.3, -0.25) is 4.90 Å². The van der Waals surface area contributed by atoms with Crippen LogP contribution in [0.4, 0.5) is 0 Å². The number of nitriles is 2. The van der Waals surface area contributed by atoms with Crippen LogP contribution in [0, 0.1) is 22.7 Å². The molecule has 4 heteroatoms. The summed E-state index contributed by atoms with van der Waals surface area (Å²) in [4.78, 5) is 5.11. The van der Waals surface area contributed by atoms with Crippen molar-refractivity contribution in [1.82, 2.24) is 9.80 Å². The fourth-order valence-electron chi connectivity index (χ4n) is 5.55. The molecule has 2 aromatic carbocycles. The molecule has 0 amide bonds. The lowest BCUT2D eigenvalue weighted by Gasteiger charge is -2.34. The van der Waals surface area contributed by atoms with Crippen molar-refractivity contribution < 1.29 is 0 Å². The zero-order valence-corrected chi connectivity index (χ0v) is 19.3. The maximum absolute atomic E-state index is 9.67. The number of likely N-dealkylation sites (tertiary alicyclic amines) is 2. The third-order valence-corrected chi connectivity index (χ3v) is 7.06. The van der Waals surface area contributed by atoms with Crippen LogP contribution in [0.2, 0.25) is 0 Å². The van der Waals surface area contributed by atoms with Gasteiger partial charge in [-0.1, -0.05) is 25.1 Å². The Morgan fingerprint density at radius 3 is 2.28 bits per heavy atom. The third-order valence-electron chi connectivity index (χ3n) is 7.06. The molecule has 0 saturated carbocycles. The normalized spacial score (nSPS) is 22.2. The van der Waals surface area contributed by atoms with Gasteiger partial charge in [0.2, 0.25) is 0 Å². The van der Waals surface area contributed by atoms with E-state index in [0.29, 0.717) is 11.8 Å². The molecule has 166 valence electrons. The van der Waals surface area contributed by atoms with E-state index < -0.39 is 0 Å². The van der Waals surface area contributed by atoms with E-state index in [1.165, 1.54) is 61.9 Å². The first-order valence-corrected chi connectivity index (χ1v) is 12.2.